The molecule has 0 aromatic heterocycles. The second kappa shape index (κ2) is 17.2. The molecule has 6 aromatic carbocycles. The first-order chi connectivity index (χ1) is 24.2. The summed E-state index contributed by atoms with van der Waals surface area (Å²) in [5.74, 6) is 0. The van der Waals surface area contributed by atoms with Crippen molar-refractivity contribution in [3.05, 3.63) is 176 Å². The van der Waals surface area contributed by atoms with Crippen LogP contribution in [0.25, 0.3) is 0 Å². The summed E-state index contributed by atoms with van der Waals surface area (Å²) in [6.45, 7) is 12.2. The van der Waals surface area contributed by atoms with Gasteiger partial charge < -0.3 is 34.4 Å². The highest BCUT2D eigenvalue weighted by Gasteiger charge is 2.04. The molecule has 12 N–H and O–H groups in total. The average Bonchev–Trinajstić information content (AvgIpc) is 3.08. The molecule has 0 saturated heterocycles. The fraction of sp³-hybridized carbons (Fsp3) is 0.200. The van der Waals surface area contributed by atoms with E-state index in [0.717, 1.165) is 86.8 Å². The third-order valence-corrected chi connectivity index (χ3v) is 9.26. The van der Waals surface area contributed by atoms with E-state index in [2.05, 4.69) is 72.8 Å². The molecule has 0 atom stereocenters. The molecule has 0 saturated carbocycles. The molecule has 51 heavy (non-hydrogen) atoms. The van der Waals surface area contributed by atoms with Gasteiger partial charge in [-0.1, -0.05) is 72.8 Å². The van der Waals surface area contributed by atoms with Crippen molar-refractivity contribution in [1.29, 1.82) is 0 Å². The first kappa shape index (κ1) is 37.9. The Kier molecular flexibility index (Phi) is 12.8. The summed E-state index contributed by atoms with van der Waals surface area (Å²) < 4.78 is 0. The second-order valence-electron chi connectivity index (χ2n) is 13.7. The van der Waals surface area contributed by atoms with Crippen LogP contribution in [0.2, 0.25) is 0 Å². The van der Waals surface area contributed by atoms with Crippen molar-refractivity contribution < 1.29 is 0 Å². The molecule has 0 fully saturated rings. The number of anilines is 6. The van der Waals surface area contributed by atoms with Crippen LogP contribution in [0.15, 0.2) is 109 Å². The van der Waals surface area contributed by atoms with Crippen molar-refractivity contribution in [2.24, 2.45) is 0 Å². The molecule has 0 bridgehead atoms. The topological polar surface area (TPSA) is 156 Å². The van der Waals surface area contributed by atoms with Crippen LogP contribution in [0.3, 0.4) is 0 Å². The number of hydrogen-bond acceptors (Lipinski definition) is 6. The number of rotatable bonds is 6. The van der Waals surface area contributed by atoms with Gasteiger partial charge in [0.15, 0.2) is 0 Å². The molecule has 0 aliphatic heterocycles. The molecule has 0 radical (unpaired) electrons. The number of aryl methyl sites for hydroxylation is 6. The van der Waals surface area contributed by atoms with Crippen molar-refractivity contribution in [2.45, 2.75) is 60.8 Å². The van der Waals surface area contributed by atoms with Crippen molar-refractivity contribution in [1.82, 2.24) is 0 Å². The van der Waals surface area contributed by atoms with E-state index in [-0.39, 0.29) is 0 Å². The lowest BCUT2D eigenvalue weighted by atomic mass is 10.0. The lowest BCUT2D eigenvalue weighted by Crippen LogP contribution is -1.96. The summed E-state index contributed by atoms with van der Waals surface area (Å²) in [5, 5.41) is 0. The van der Waals surface area contributed by atoms with E-state index in [4.69, 9.17) is 34.4 Å². The molecule has 0 aliphatic rings. The normalized spacial score (nSPS) is 10.5. The van der Waals surface area contributed by atoms with Gasteiger partial charge in [-0.25, -0.2) is 0 Å². The number of nitrogen functional groups attached to an aromatic ring is 6. The summed E-state index contributed by atoms with van der Waals surface area (Å²) in [5.41, 5.74) is 54.5. The van der Waals surface area contributed by atoms with E-state index < -0.39 is 0 Å². The molecule has 6 heteroatoms. The maximum absolute atomic E-state index is 5.91. The maximum atomic E-state index is 5.91. The number of benzene rings is 6. The molecule has 264 valence electrons. The quantitative estimate of drug-likeness (QED) is 0.0965. The van der Waals surface area contributed by atoms with E-state index in [1.54, 1.807) is 0 Å². The standard InChI is InChI=1S/3C15H18N2/c1-10-7-12(3-5-14(10)16)9-13-4-6-15(17)11(2)8-13;1-10-3-5-12(8-14(10)16)7-13-6-4-11(2)15(17)9-13;1-10-3-4-13(9-15(10)17)8-12-5-6-14(16)11(2)7-12/h3-8H,9,16-17H2,1-2H3;3-6,8-9H,7,16-17H2,1-2H3;3-7,9H,8,16-17H2,1-2H3. The van der Waals surface area contributed by atoms with Gasteiger partial charge in [0, 0.05) is 34.1 Å². The van der Waals surface area contributed by atoms with Crippen LogP contribution in [0, 0.1) is 41.5 Å². The molecule has 0 heterocycles. The van der Waals surface area contributed by atoms with Crippen molar-refractivity contribution in [2.75, 3.05) is 34.4 Å². The molecule has 0 spiro atoms. The van der Waals surface area contributed by atoms with Crippen LogP contribution >= 0.6 is 0 Å². The zero-order chi connectivity index (χ0) is 37.2. The highest BCUT2D eigenvalue weighted by atomic mass is 14.6. The van der Waals surface area contributed by atoms with Crippen LogP contribution in [0.5, 0.6) is 0 Å². The lowest BCUT2D eigenvalue weighted by molar-refractivity contribution is 1.17. The van der Waals surface area contributed by atoms with Gasteiger partial charge in [-0.15, -0.1) is 0 Å². The monoisotopic (exact) mass is 678 g/mol. The third kappa shape index (κ3) is 11.1. The van der Waals surface area contributed by atoms with E-state index in [0.29, 0.717) is 0 Å². The van der Waals surface area contributed by atoms with Gasteiger partial charge in [0.2, 0.25) is 0 Å². The Morgan fingerprint density at radius 3 is 0.686 bits per heavy atom. The van der Waals surface area contributed by atoms with E-state index in [9.17, 15) is 0 Å². The van der Waals surface area contributed by atoms with Gasteiger partial charge >= 0.3 is 0 Å². The van der Waals surface area contributed by atoms with E-state index in [1.807, 2.05) is 77.9 Å². The SMILES string of the molecule is Cc1cc(Cc2ccc(C)c(N)c2)ccc1N.Cc1cc(Cc2ccc(N)c(C)c2)ccc1N.Cc1ccc(Cc2ccc(C)c(N)c2)cc1N. The minimum atomic E-state index is 0.845. The molecule has 6 rings (SSSR count). The van der Waals surface area contributed by atoms with Gasteiger partial charge in [-0.3, -0.25) is 0 Å². The van der Waals surface area contributed by atoms with Crippen molar-refractivity contribution >= 4 is 34.1 Å². The van der Waals surface area contributed by atoms with E-state index >= 15 is 0 Å². The smallest absolute Gasteiger partial charge is 0.0346 e. The first-order valence-corrected chi connectivity index (χ1v) is 17.3. The summed E-state index contributed by atoms with van der Waals surface area (Å²) in [6, 6.07) is 37.2. The maximum Gasteiger partial charge on any atom is 0.0346 e. The predicted octanol–water partition coefficient (Wildman–Crippen LogP) is 9.18. The van der Waals surface area contributed by atoms with Gasteiger partial charge in [-0.2, -0.15) is 0 Å². The highest BCUT2D eigenvalue weighted by molar-refractivity contribution is 5.54. The molecule has 0 amide bonds. The molecule has 6 nitrogen and oxygen atoms in total. The molecule has 6 aromatic rings. The van der Waals surface area contributed by atoms with Crippen molar-refractivity contribution in [3.63, 3.8) is 0 Å². The van der Waals surface area contributed by atoms with Crippen molar-refractivity contribution in [3.8, 4) is 0 Å². The van der Waals surface area contributed by atoms with Crippen LogP contribution in [0.4, 0.5) is 34.1 Å². The zero-order valence-electron chi connectivity index (χ0n) is 31.0. The van der Waals surface area contributed by atoms with Gasteiger partial charge in [0.25, 0.3) is 0 Å². The minimum absolute atomic E-state index is 0.845. The predicted molar refractivity (Wildman–Crippen MR) is 222 cm³/mol. The third-order valence-electron chi connectivity index (χ3n) is 9.26. The number of nitrogens with two attached hydrogens (primary N) is 6. The summed E-state index contributed by atoms with van der Waals surface area (Å²) >= 11 is 0. The van der Waals surface area contributed by atoms with Crippen LogP contribution in [0.1, 0.15) is 66.8 Å². The number of hydrogen-bond donors (Lipinski definition) is 6. The Labute approximate surface area is 304 Å². The Morgan fingerprint density at radius 1 is 0.255 bits per heavy atom. The summed E-state index contributed by atoms with van der Waals surface area (Å²) in [6.07, 6.45) is 2.68. The molecule has 0 unspecified atom stereocenters. The first-order valence-electron chi connectivity index (χ1n) is 17.3. The Hall–Kier alpha value is -5.88. The Balaban J connectivity index is 0.000000172. The van der Waals surface area contributed by atoms with E-state index in [1.165, 1.54) is 33.4 Å². The average molecular weight is 679 g/mol. The van der Waals surface area contributed by atoms with Crippen LogP contribution in [-0.2, 0) is 19.3 Å². The van der Waals surface area contributed by atoms with Gasteiger partial charge in [0.1, 0.15) is 0 Å². The lowest BCUT2D eigenvalue weighted by Gasteiger charge is -2.07. The molecular formula is C45H54N6. The van der Waals surface area contributed by atoms with Crippen LogP contribution in [-0.4, -0.2) is 0 Å². The minimum Gasteiger partial charge on any atom is -0.399 e. The largest absolute Gasteiger partial charge is 0.399 e. The Bertz CT molecular complexity index is 1730. The molecular weight excluding hydrogens is 625 g/mol. The molecule has 0 aliphatic carbocycles. The fourth-order valence-corrected chi connectivity index (χ4v) is 5.65. The zero-order valence-corrected chi connectivity index (χ0v) is 31.0. The second-order valence-corrected chi connectivity index (χ2v) is 13.7. The highest BCUT2D eigenvalue weighted by Crippen LogP contribution is 2.22. The van der Waals surface area contributed by atoms with Crippen LogP contribution < -0.4 is 34.4 Å². The Morgan fingerprint density at radius 2 is 0.471 bits per heavy atom. The summed E-state index contributed by atoms with van der Waals surface area (Å²) in [7, 11) is 0. The van der Waals surface area contributed by atoms with Gasteiger partial charge in [-0.05, 0) is 164 Å². The summed E-state index contributed by atoms with van der Waals surface area (Å²) in [4.78, 5) is 0. The van der Waals surface area contributed by atoms with Gasteiger partial charge in [0.05, 0.1) is 0 Å². The fourth-order valence-electron chi connectivity index (χ4n) is 5.65.